The van der Waals surface area contributed by atoms with Gasteiger partial charge in [0.15, 0.2) is 16.5 Å². The third-order valence-electron chi connectivity index (χ3n) is 2.55. The van der Waals surface area contributed by atoms with Crippen molar-refractivity contribution in [2.24, 2.45) is 16.6 Å². The molecule has 0 aliphatic carbocycles. The van der Waals surface area contributed by atoms with Crippen LogP contribution in [-0.4, -0.2) is 41.0 Å². The Morgan fingerprint density at radius 1 is 1.33 bits per heavy atom. The Morgan fingerprint density at radius 3 is 2.78 bits per heavy atom. The Hall–Kier alpha value is -1.07. The molecule has 2 aliphatic heterocycles. The maximum absolute atomic E-state index is 5.62. The summed E-state index contributed by atoms with van der Waals surface area (Å²) in [5.74, 6) is 0. The zero-order chi connectivity index (χ0) is 13.1. The minimum atomic E-state index is -0.445. The predicted molar refractivity (Wildman–Crippen MR) is 73.4 cm³/mol. The van der Waals surface area contributed by atoms with E-state index in [4.69, 9.17) is 33.2 Å². The highest BCUT2D eigenvalue weighted by molar-refractivity contribution is 7.80. The molecule has 2 heterocycles. The molecule has 0 aromatic heterocycles. The fourth-order valence-corrected chi connectivity index (χ4v) is 1.90. The van der Waals surface area contributed by atoms with Crippen LogP contribution in [0.25, 0.3) is 0 Å². The van der Waals surface area contributed by atoms with Crippen LogP contribution in [0.3, 0.4) is 0 Å². The van der Waals surface area contributed by atoms with Crippen molar-refractivity contribution in [3.8, 4) is 0 Å². The van der Waals surface area contributed by atoms with Gasteiger partial charge >= 0.3 is 0 Å². The van der Waals surface area contributed by atoms with E-state index >= 15 is 0 Å². The third-order valence-corrected chi connectivity index (χ3v) is 2.74. The van der Waals surface area contributed by atoms with Crippen LogP contribution in [0.2, 0.25) is 0 Å². The van der Waals surface area contributed by atoms with Gasteiger partial charge in [-0.25, -0.2) is 5.43 Å². The molecule has 100 valence electrons. The highest BCUT2D eigenvalue weighted by Gasteiger charge is 2.42. The third kappa shape index (κ3) is 3.23. The number of hydrogen-bond donors (Lipinski definition) is 5. The molecule has 2 rings (SSSR count). The molecule has 0 aromatic rings. The maximum atomic E-state index is 5.62. The number of thiocarbonyl (C=S) groups is 2. The van der Waals surface area contributed by atoms with Crippen molar-refractivity contribution in [2.75, 3.05) is 6.61 Å². The number of fused-ring (bicyclic) bond motifs is 2. The Morgan fingerprint density at radius 2 is 2.11 bits per heavy atom. The van der Waals surface area contributed by atoms with Crippen LogP contribution in [0.5, 0.6) is 0 Å². The molecule has 8 nitrogen and oxygen atoms in total. The largest absolute Gasteiger partial charge is 0.375 e. The van der Waals surface area contributed by atoms with Crippen molar-refractivity contribution in [1.82, 2.24) is 16.3 Å². The van der Waals surface area contributed by atoms with Gasteiger partial charge in [0.05, 0.1) is 18.4 Å². The zero-order valence-corrected chi connectivity index (χ0v) is 11.0. The van der Waals surface area contributed by atoms with Crippen molar-refractivity contribution < 1.29 is 9.47 Å². The van der Waals surface area contributed by atoms with Gasteiger partial charge in [-0.05, 0) is 24.4 Å². The van der Waals surface area contributed by atoms with E-state index in [9.17, 15) is 0 Å². The SMILES string of the molecule is NC(=S)NN=C1CC(NNC(N)=S)C2COC1O2. The first-order valence-electron chi connectivity index (χ1n) is 5.26. The zero-order valence-electron chi connectivity index (χ0n) is 9.38. The molecule has 10 heteroatoms. The van der Waals surface area contributed by atoms with Gasteiger partial charge in [0, 0.05) is 6.42 Å². The van der Waals surface area contributed by atoms with Crippen molar-refractivity contribution in [2.45, 2.75) is 24.9 Å². The molecule has 18 heavy (non-hydrogen) atoms. The van der Waals surface area contributed by atoms with Crippen LogP contribution in [0.1, 0.15) is 6.42 Å². The average Bonchev–Trinajstić information content (AvgIpc) is 2.71. The lowest BCUT2D eigenvalue weighted by molar-refractivity contribution is -0.0263. The Balaban J connectivity index is 1.98. The van der Waals surface area contributed by atoms with Crippen LogP contribution in [0.4, 0.5) is 0 Å². The molecular formula is C8H14N6O2S2. The molecule has 3 unspecified atom stereocenters. The van der Waals surface area contributed by atoms with Gasteiger partial charge in [0.1, 0.15) is 6.10 Å². The summed E-state index contributed by atoms with van der Waals surface area (Å²) in [4.78, 5) is 0. The van der Waals surface area contributed by atoms with Crippen molar-refractivity contribution >= 4 is 40.4 Å². The number of hydrazine groups is 1. The fraction of sp³-hybridized carbons (Fsp3) is 0.625. The Bertz CT molecular complexity index is 390. The van der Waals surface area contributed by atoms with E-state index in [1.807, 2.05) is 0 Å². The van der Waals surface area contributed by atoms with E-state index in [0.717, 1.165) is 0 Å². The molecule has 3 atom stereocenters. The smallest absolute Gasteiger partial charge is 0.199 e. The quantitative estimate of drug-likeness (QED) is 0.298. The minimum Gasteiger partial charge on any atom is -0.375 e. The molecule has 0 aromatic carbocycles. The number of nitrogens with one attached hydrogen (secondary N) is 3. The van der Waals surface area contributed by atoms with Gasteiger partial charge in [0.2, 0.25) is 0 Å². The second kappa shape index (κ2) is 5.71. The lowest BCUT2D eigenvalue weighted by Gasteiger charge is -2.29. The summed E-state index contributed by atoms with van der Waals surface area (Å²) in [7, 11) is 0. The summed E-state index contributed by atoms with van der Waals surface area (Å²) < 4.78 is 11.1. The summed E-state index contributed by atoms with van der Waals surface area (Å²) in [6.45, 7) is 0.480. The number of rotatable bonds is 3. The molecule has 0 spiro atoms. The number of nitrogens with two attached hydrogens (primary N) is 2. The van der Waals surface area contributed by atoms with E-state index < -0.39 is 6.29 Å². The first kappa shape index (κ1) is 13.4. The van der Waals surface area contributed by atoms with Gasteiger partial charge in [-0.1, -0.05) is 0 Å². The van der Waals surface area contributed by atoms with Crippen LogP contribution >= 0.6 is 24.4 Å². The summed E-state index contributed by atoms with van der Waals surface area (Å²) in [6, 6.07) is -0.0443. The average molecular weight is 290 g/mol. The second-order valence-electron chi connectivity index (χ2n) is 3.86. The summed E-state index contributed by atoms with van der Waals surface area (Å²) in [5, 5.41) is 4.31. The van der Waals surface area contributed by atoms with Crippen LogP contribution in [-0.2, 0) is 9.47 Å². The van der Waals surface area contributed by atoms with E-state index in [1.165, 1.54) is 0 Å². The number of hydrogen-bond acceptors (Lipinski definition) is 6. The first-order chi connectivity index (χ1) is 8.56. The lowest BCUT2D eigenvalue weighted by Crippen LogP contribution is -2.55. The van der Waals surface area contributed by atoms with Gasteiger partial charge in [-0.15, -0.1) is 0 Å². The number of nitrogens with zero attached hydrogens (tertiary/aromatic N) is 1. The molecular weight excluding hydrogens is 276 g/mol. The summed E-state index contributed by atoms with van der Waals surface area (Å²) >= 11 is 9.40. The highest BCUT2D eigenvalue weighted by atomic mass is 32.1. The van der Waals surface area contributed by atoms with Crippen molar-refractivity contribution in [1.29, 1.82) is 0 Å². The van der Waals surface area contributed by atoms with Gasteiger partial charge in [-0.2, -0.15) is 5.10 Å². The van der Waals surface area contributed by atoms with Crippen LogP contribution < -0.4 is 27.7 Å². The van der Waals surface area contributed by atoms with E-state index in [2.05, 4.69) is 33.6 Å². The van der Waals surface area contributed by atoms with E-state index in [-0.39, 0.29) is 22.4 Å². The molecule has 2 fully saturated rings. The molecule has 2 saturated heterocycles. The van der Waals surface area contributed by atoms with E-state index in [1.54, 1.807) is 0 Å². The Labute approximate surface area is 114 Å². The molecule has 2 aliphatic rings. The van der Waals surface area contributed by atoms with Crippen molar-refractivity contribution in [3.05, 3.63) is 0 Å². The summed E-state index contributed by atoms with van der Waals surface area (Å²) in [5.41, 5.74) is 19.5. The lowest BCUT2D eigenvalue weighted by atomic mass is 10.0. The van der Waals surface area contributed by atoms with Gasteiger partial charge in [0.25, 0.3) is 0 Å². The molecule has 0 amide bonds. The van der Waals surface area contributed by atoms with Gasteiger partial charge < -0.3 is 20.9 Å². The molecule has 2 bridgehead atoms. The molecule has 0 saturated carbocycles. The predicted octanol–water partition coefficient (Wildman–Crippen LogP) is -1.97. The number of hydrazone groups is 1. The minimum absolute atomic E-state index is 0.0443. The normalized spacial score (nSPS) is 32.2. The topological polar surface area (TPSA) is 119 Å². The monoisotopic (exact) mass is 290 g/mol. The van der Waals surface area contributed by atoms with Crippen molar-refractivity contribution in [3.63, 3.8) is 0 Å². The summed E-state index contributed by atoms with van der Waals surface area (Å²) in [6.07, 6.45) is 0.0981. The number of ether oxygens (including phenoxy) is 2. The van der Waals surface area contributed by atoms with Gasteiger partial charge in [-0.3, -0.25) is 10.9 Å². The molecule has 7 N–H and O–H groups in total. The maximum Gasteiger partial charge on any atom is 0.199 e. The van der Waals surface area contributed by atoms with E-state index in [0.29, 0.717) is 18.7 Å². The Kier molecular flexibility index (Phi) is 4.24. The molecule has 0 radical (unpaired) electrons. The first-order valence-corrected chi connectivity index (χ1v) is 6.08. The van der Waals surface area contributed by atoms with Crippen LogP contribution in [0.15, 0.2) is 5.10 Å². The van der Waals surface area contributed by atoms with Crippen LogP contribution in [0, 0.1) is 0 Å². The standard InChI is InChI=1S/C8H14N6O2S2/c9-7(17)13-11-3-1-4(12-14-8(10)18)6-15-2-5(3)16-6/h3,5-6,11H,1-2H2,(H3,9,13,17)(H3,10,14,18). The second-order valence-corrected chi connectivity index (χ2v) is 4.74. The fourth-order valence-electron chi connectivity index (χ4n) is 1.79. The highest BCUT2D eigenvalue weighted by Crippen LogP contribution is 2.25.